The van der Waals surface area contributed by atoms with Gasteiger partial charge in [0.05, 0.1) is 0 Å². The Morgan fingerprint density at radius 3 is 2.32 bits per heavy atom. The van der Waals surface area contributed by atoms with E-state index in [9.17, 15) is 4.79 Å². The first-order chi connectivity index (χ1) is 9.97. The van der Waals surface area contributed by atoms with Gasteiger partial charge in [-0.05, 0) is 62.7 Å². The Hall–Kier alpha value is -1.32. The van der Waals surface area contributed by atoms with Gasteiger partial charge in [0.2, 0.25) is 0 Å². The molecule has 4 heteroatoms. The third kappa shape index (κ3) is 4.85. The van der Waals surface area contributed by atoms with Crippen molar-refractivity contribution in [3.63, 3.8) is 0 Å². The number of carbonyl (C=O) groups excluding carboxylic acids is 1. The highest BCUT2D eigenvalue weighted by atomic mass is 35.5. The van der Waals surface area contributed by atoms with E-state index in [1.54, 1.807) is 0 Å². The summed E-state index contributed by atoms with van der Waals surface area (Å²) in [4.78, 5) is 16.7. The topological polar surface area (TPSA) is 23.6 Å². The predicted molar refractivity (Wildman–Crippen MR) is 96.9 cm³/mol. The van der Waals surface area contributed by atoms with Crippen LogP contribution in [0, 0.1) is 5.92 Å². The fourth-order valence-corrected chi connectivity index (χ4v) is 2.88. The van der Waals surface area contributed by atoms with Crippen LogP contribution in [0.4, 0.5) is 5.69 Å². The standard InChI is InChI=1S/C18H26N2O.ClH/c1-19(2)13-16-7-5-6-15(18(16)21)12-14-8-10-17(11-9-14)20(3)4;/h8-12,16H,5-7,13H2,1-4H3;1H/b15-12-;. The predicted octanol–water partition coefficient (Wildman–Crippen LogP) is 3.49. The van der Waals surface area contributed by atoms with Gasteiger partial charge < -0.3 is 9.80 Å². The molecule has 1 aliphatic carbocycles. The summed E-state index contributed by atoms with van der Waals surface area (Å²) in [7, 11) is 8.13. The van der Waals surface area contributed by atoms with E-state index < -0.39 is 0 Å². The number of carbonyl (C=O) groups is 1. The summed E-state index contributed by atoms with van der Waals surface area (Å²) in [5.74, 6) is 0.507. The molecule has 122 valence electrons. The van der Waals surface area contributed by atoms with Gasteiger partial charge in [0, 0.05) is 32.2 Å². The van der Waals surface area contributed by atoms with Gasteiger partial charge in [-0.3, -0.25) is 4.79 Å². The van der Waals surface area contributed by atoms with E-state index in [4.69, 9.17) is 0 Å². The number of hydrogen-bond acceptors (Lipinski definition) is 3. The number of nitrogens with zero attached hydrogens (tertiary/aromatic N) is 2. The van der Waals surface area contributed by atoms with Crippen LogP contribution in [0.1, 0.15) is 24.8 Å². The molecule has 0 aliphatic heterocycles. The van der Waals surface area contributed by atoms with Crippen LogP contribution < -0.4 is 4.90 Å². The van der Waals surface area contributed by atoms with Crippen molar-refractivity contribution in [2.75, 3.05) is 39.6 Å². The second-order valence-electron chi connectivity index (χ2n) is 6.37. The Balaban J connectivity index is 0.00000242. The monoisotopic (exact) mass is 322 g/mol. The Labute approximate surface area is 140 Å². The molecule has 22 heavy (non-hydrogen) atoms. The Kier molecular flexibility index (Phi) is 7.11. The van der Waals surface area contributed by atoms with Gasteiger partial charge in [-0.2, -0.15) is 0 Å². The summed E-state index contributed by atoms with van der Waals surface area (Å²) in [6.07, 6.45) is 5.13. The summed E-state index contributed by atoms with van der Waals surface area (Å²) in [6, 6.07) is 8.37. The van der Waals surface area contributed by atoms with Crippen LogP contribution in [-0.2, 0) is 4.79 Å². The molecule has 2 rings (SSSR count). The highest BCUT2D eigenvalue weighted by Gasteiger charge is 2.26. The second-order valence-corrected chi connectivity index (χ2v) is 6.37. The number of Topliss-reactive ketones (excluding diaryl/α,β-unsaturated/α-hetero) is 1. The van der Waals surface area contributed by atoms with Gasteiger partial charge in [-0.15, -0.1) is 12.4 Å². The molecular weight excluding hydrogens is 296 g/mol. The minimum Gasteiger partial charge on any atom is -0.378 e. The lowest BCUT2D eigenvalue weighted by molar-refractivity contribution is -0.120. The first-order valence-corrected chi connectivity index (χ1v) is 7.64. The normalized spacial score (nSPS) is 20.1. The fourth-order valence-electron chi connectivity index (χ4n) is 2.88. The number of allylic oxidation sites excluding steroid dienone is 1. The van der Waals surface area contributed by atoms with Gasteiger partial charge in [0.15, 0.2) is 5.78 Å². The van der Waals surface area contributed by atoms with Gasteiger partial charge >= 0.3 is 0 Å². The molecule has 1 aromatic rings. The average molecular weight is 323 g/mol. The van der Waals surface area contributed by atoms with Crippen LogP contribution >= 0.6 is 12.4 Å². The van der Waals surface area contributed by atoms with Crippen LogP contribution in [0.15, 0.2) is 29.8 Å². The van der Waals surface area contributed by atoms with E-state index in [0.29, 0.717) is 5.78 Å². The average Bonchev–Trinajstić information content (AvgIpc) is 2.43. The third-order valence-electron chi connectivity index (χ3n) is 4.02. The largest absolute Gasteiger partial charge is 0.378 e. The van der Waals surface area contributed by atoms with Crippen molar-refractivity contribution in [3.05, 3.63) is 35.4 Å². The molecule has 0 amide bonds. The van der Waals surface area contributed by atoms with Crippen molar-refractivity contribution >= 4 is 30.0 Å². The van der Waals surface area contributed by atoms with Crippen LogP contribution in [-0.4, -0.2) is 45.4 Å². The Bertz CT molecular complexity index is 520. The lowest BCUT2D eigenvalue weighted by Crippen LogP contribution is -2.31. The van der Waals surface area contributed by atoms with Crippen LogP contribution in [0.5, 0.6) is 0 Å². The van der Waals surface area contributed by atoms with E-state index >= 15 is 0 Å². The highest BCUT2D eigenvalue weighted by Crippen LogP contribution is 2.27. The maximum Gasteiger partial charge on any atom is 0.163 e. The molecule has 1 unspecified atom stereocenters. The zero-order valence-corrected chi connectivity index (χ0v) is 14.8. The number of anilines is 1. The maximum absolute atomic E-state index is 12.5. The quantitative estimate of drug-likeness (QED) is 0.793. The highest BCUT2D eigenvalue weighted by molar-refractivity contribution is 6.01. The number of halogens is 1. The minimum absolute atomic E-state index is 0. The summed E-state index contributed by atoms with van der Waals surface area (Å²) < 4.78 is 0. The van der Waals surface area contributed by atoms with Gasteiger partial charge in [0.25, 0.3) is 0 Å². The van der Waals surface area contributed by atoms with E-state index in [2.05, 4.69) is 40.1 Å². The number of benzene rings is 1. The zero-order valence-electron chi connectivity index (χ0n) is 14.0. The molecule has 0 radical (unpaired) electrons. The van der Waals surface area contributed by atoms with E-state index in [1.807, 2.05) is 28.2 Å². The van der Waals surface area contributed by atoms with Gasteiger partial charge in [0.1, 0.15) is 0 Å². The summed E-state index contributed by atoms with van der Waals surface area (Å²) in [5, 5.41) is 0. The van der Waals surface area contributed by atoms with Crippen LogP contribution in [0.2, 0.25) is 0 Å². The van der Waals surface area contributed by atoms with Crippen molar-refractivity contribution in [2.24, 2.45) is 5.92 Å². The van der Waals surface area contributed by atoms with E-state index in [0.717, 1.165) is 36.9 Å². The smallest absolute Gasteiger partial charge is 0.163 e. The number of ketones is 1. The van der Waals surface area contributed by atoms with Gasteiger partial charge in [-0.1, -0.05) is 12.1 Å². The van der Waals surface area contributed by atoms with E-state index in [-0.39, 0.29) is 18.3 Å². The van der Waals surface area contributed by atoms with Crippen molar-refractivity contribution in [1.82, 2.24) is 4.90 Å². The minimum atomic E-state index is 0. The molecule has 1 saturated carbocycles. The molecular formula is C18H27ClN2O. The lowest BCUT2D eigenvalue weighted by Gasteiger charge is -2.25. The second kappa shape index (κ2) is 8.35. The maximum atomic E-state index is 12.5. The first-order valence-electron chi connectivity index (χ1n) is 7.64. The molecule has 3 nitrogen and oxygen atoms in total. The fraction of sp³-hybridized carbons (Fsp3) is 0.500. The van der Waals surface area contributed by atoms with Crippen molar-refractivity contribution < 1.29 is 4.79 Å². The van der Waals surface area contributed by atoms with Crippen molar-refractivity contribution in [1.29, 1.82) is 0 Å². The third-order valence-corrected chi connectivity index (χ3v) is 4.02. The molecule has 1 fully saturated rings. The first kappa shape index (κ1) is 18.7. The Morgan fingerprint density at radius 1 is 1.14 bits per heavy atom. The summed E-state index contributed by atoms with van der Waals surface area (Å²) in [6.45, 7) is 0.857. The molecule has 0 saturated heterocycles. The SMILES string of the molecule is CN(C)CC1CCC/C(=C/c2ccc(N(C)C)cc2)C1=O.Cl. The molecule has 0 bridgehead atoms. The van der Waals surface area contributed by atoms with Gasteiger partial charge in [-0.25, -0.2) is 0 Å². The molecule has 0 spiro atoms. The molecule has 1 aromatic carbocycles. The Morgan fingerprint density at radius 2 is 1.77 bits per heavy atom. The molecule has 0 N–H and O–H groups in total. The van der Waals surface area contributed by atoms with Crippen LogP contribution in [0.25, 0.3) is 6.08 Å². The lowest BCUT2D eigenvalue weighted by atomic mass is 9.83. The summed E-state index contributed by atoms with van der Waals surface area (Å²) in [5.41, 5.74) is 3.29. The number of hydrogen-bond donors (Lipinski definition) is 0. The van der Waals surface area contributed by atoms with E-state index in [1.165, 1.54) is 5.69 Å². The summed E-state index contributed by atoms with van der Waals surface area (Å²) >= 11 is 0. The molecule has 1 aliphatic rings. The molecule has 0 heterocycles. The number of rotatable bonds is 4. The molecule has 0 aromatic heterocycles. The van der Waals surface area contributed by atoms with Crippen molar-refractivity contribution in [3.8, 4) is 0 Å². The van der Waals surface area contributed by atoms with Crippen LogP contribution in [0.3, 0.4) is 0 Å². The molecule has 1 atom stereocenters. The van der Waals surface area contributed by atoms with Crippen molar-refractivity contribution in [2.45, 2.75) is 19.3 Å². The zero-order chi connectivity index (χ0) is 15.4.